The number of rotatable bonds is 6. The van der Waals surface area contributed by atoms with E-state index >= 15 is 0 Å². The van der Waals surface area contributed by atoms with Gasteiger partial charge in [0.1, 0.15) is 0 Å². The average Bonchev–Trinajstić information content (AvgIpc) is 2.93. The third-order valence-electron chi connectivity index (χ3n) is 3.21. The van der Waals surface area contributed by atoms with Crippen molar-refractivity contribution in [1.82, 2.24) is 15.0 Å². The maximum atomic E-state index is 12.7. The Morgan fingerprint density at radius 3 is 2.73 bits per heavy atom. The van der Waals surface area contributed by atoms with Crippen LogP contribution < -0.4 is 0 Å². The number of alkyl halides is 3. The second-order valence-electron chi connectivity index (χ2n) is 5.18. The first-order valence-corrected chi connectivity index (χ1v) is 7.09. The minimum atomic E-state index is -4.39. The van der Waals surface area contributed by atoms with Crippen LogP contribution in [0, 0.1) is 0 Å². The van der Waals surface area contributed by atoms with Crippen LogP contribution >= 0.6 is 0 Å². The summed E-state index contributed by atoms with van der Waals surface area (Å²) in [6.07, 6.45) is -2.24. The van der Waals surface area contributed by atoms with Crippen LogP contribution in [-0.4, -0.2) is 28.6 Å². The molecule has 2 aromatic rings. The number of hydrogen-bond donors (Lipinski definition) is 0. The van der Waals surface area contributed by atoms with E-state index in [1.165, 1.54) is 12.1 Å². The van der Waals surface area contributed by atoms with Crippen molar-refractivity contribution in [1.29, 1.82) is 0 Å². The van der Waals surface area contributed by atoms with Crippen molar-refractivity contribution in [2.24, 2.45) is 0 Å². The molecule has 120 valence electrons. The number of benzene rings is 1. The molecule has 1 aromatic carbocycles. The molecule has 0 saturated heterocycles. The second kappa shape index (κ2) is 6.91. The van der Waals surface area contributed by atoms with E-state index in [9.17, 15) is 13.2 Å². The average molecular weight is 313 g/mol. The maximum Gasteiger partial charge on any atom is 0.416 e. The quantitative estimate of drug-likeness (QED) is 0.809. The number of unbranched alkanes of at least 4 members (excludes halogenated alkanes) is 1. The van der Waals surface area contributed by atoms with Crippen LogP contribution in [0.15, 0.2) is 28.8 Å². The molecule has 0 N–H and O–H groups in total. The van der Waals surface area contributed by atoms with Gasteiger partial charge in [0.05, 0.1) is 12.1 Å². The lowest BCUT2D eigenvalue weighted by atomic mass is 10.1. The van der Waals surface area contributed by atoms with E-state index in [2.05, 4.69) is 17.1 Å². The van der Waals surface area contributed by atoms with Gasteiger partial charge in [-0.05, 0) is 32.1 Å². The number of aromatic nitrogens is 2. The Kier molecular flexibility index (Phi) is 5.18. The standard InChI is InChI=1S/C15H18F3N3O/c1-3-4-8-21(2)10-13-19-14(20-22-13)11-6-5-7-12(9-11)15(16,17)18/h5-7,9H,3-4,8,10H2,1-2H3. The summed E-state index contributed by atoms with van der Waals surface area (Å²) in [6, 6.07) is 4.91. The van der Waals surface area contributed by atoms with Crippen LogP contribution in [0.25, 0.3) is 11.4 Å². The maximum absolute atomic E-state index is 12.7. The predicted molar refractivity (Wildman–Crippen MR) is 76.0 cm³/mol. The normalized spacial score (nSPS) is 12.1. The van der Waals surface area contributed by atoms with Crippen molar-refractivity contribution in [2.45, 2.75) is 32.5 Å². The van der Waals surface area contributed by atoms with Gasteiger partial charge in [-0.2, -0.15) is 18.2 Å². The van der Waals surface area contributed by atoms with E-state index in [0.29, 0.717) is 18.0 Å². The highest BCUT2D eigenvalue weighted by molar-refractivity contribution is 5.55. The van der Waals surface area contributed by atoms with Gasteiger partial charge >= 0.3 is 6.18 Å². The molecule has 22 heavy (non-hydrogen) atoms. The summed E-state index contributed by atoms with van der Waals surface area (Å²) in [6.45, 7) is 3.48. The van der Waals surface area contributed by atoms with Gasteiger partial charge in [0, 0.05) is 5.56 Å². The monoisotopic (exact) mass is 313 g/mol. The molecule has 0 bridgehead atoms. The van der Waals surface area contributed by atoms with Gasteiger partial charge in [0.2, 0.25) is 11.7 Å². The zero-order valence-electron chi connectivity index (χ0n) is 12.5. The first-order valence-electron chi connectivity index (χ1n) is 7.09. The van der Waals surface area contributed by atoms with Gasteiger partial charge in [-0.25, -0.2) is 0 Å². The molecule has 0 unspecified atom stereocenters. The number of hydrogen-bond acceptors (Lipinski definition) is 4. The highest BCUT2D eigenvalue weighted by Crippen LogP contribution is 2.31. The molecule has 0 atom stereocenters. The molecule has 0 fully saturated rings. The Morgan fingerprint density at radius 2 is 2.05 bits per heavy atom. The van der Waals surface area contributed by atoms with Crippen LogP contribution in [0.3, 0.4) is 0 Å². The summed E-state index contributed by atoms with van der Waals surface area (Å²) < 4.78 is 43.2. The zero-order valence-corrected chi connectivity index (χ0v) is 12.5. The minimum absolute atomic E-state index is 0.171. The van der Waals surface area contributed by atoms with Crippen molar-refractivity contribution in [3.05, 3.63) is 35.7 Å². The largest absolute Gasteiger partial charge is 0.416 e. The summed E-state index contributed by atoms with van der Waals surface area (Å²) in [4.78, 5) is 6.20. The van der Waals surface area contributed by atoms with Crippen molar-refractivity contribution in [3.8, 4) is 11.4 Å². The van der Waals surface area contributed by atoms with Gasteiger partial charge in [0.25, 0.3) is 0 Å². The lowest BCUT2D eigenvalue weighted by molar-refractivity contribution is -0.137. The summed E-state index contributed by atoms with van der Waals surface area (Å²) in [5.74, 6) is 0.566. The zero-order chi connectivity index (χ0) is 16.2. The van der Waals surface area contributed by atoms with Gasteiger partial charge in [-0.15, -0.1) is 0 Å². The third-order valence-corrected chi connectivity index (χ3v) is 3.21. The molecule has 4 nitrogen and oxygen atoms in total. The molecule has 0 aliphatic carbocycles. The molecule has 0 radical (unpaired) electrons. The smallest absolute Gasteiger partial charge is 0.338 e. The van der Waals surface area contributed by atoms with Crippen molar-refractivity contribution in [3.63, 3.8) is 0 Å². The van der Waals surface area contributed by atoms with Gasteiger partial charge < -0.3 is 4.52 Å². The Labute approximate surface area is 126 Å². The van der Waals surface area contributed by atoms with E-state index < -0.39 is 11.7 Å². The van der Waals surface area contributed by atoms with E-state index in [0.717, 1.165) is 31.5 Å². The van der Waals surface area contributed by atoms with E-state index in [-0.39, 0.29) is 5.82 Å². The molecule has 1 aromatic heterocycles. The fourth-order valence-electron chi connectivity index (χ4n) is 2.01. The molecule has 0 aliphatic rings. The van der Waals surface area contributed by atoms with Crippen molar-refractivity contribution < 1.29 is 17.7 Å². The summed E-state index contributed by atoms with van der Waals surface area (Å²) in [5.41, 5.74) is -0.433. The first kappa shape index (κ1) is 16.5. The van der Waals surface area contributed by atoms with Crippen LogP contribution in [0.5, 0.6) is 0 Å². The fraction of sp³-hybridized carbons (Fsp3) is 0.467. The molecule has 0 saturated carbocycles. The Balaban J connectivity index is 2.11. The lowest BCUT2D eigenvalue weighted by Gasteiger charge is -2.12. The van der Waals surface area contributed by atoms with Gasteiger partial charge in [-0.1, -0.05) is 30.6 Å². The molecular formula is C15H18F3N3O. The predicted octanol–water partition coefficient (Wildman–Crippen LogP) is 3.99. The SMILES string of the molecule is CCCCN(C)Cc1nc(-c2cccc(C(F)(F)F)c2)no1. The van der Waals surface area contributed by atoms with E-state index in [1.807, 2.05) is 11.9 Å². The molecular weight excluding hydrogens is 295 g/mol. The van der Waals surface area contributed by atoms with E-state index in [1.54, 1.807) is 0 Å². The topological polar surface area (TPSA) is 42.2 Å². The summed E-state index contributed by atoms with van der Waals surface area (Å²) in [5, 5.41) is 3.76. The second-order valence-corrected chi connectivity index (χ2v) is 5.18. The van der Waals surface area contributed by atoms with Crippen molar-refractivity contribution in [2.75, 3.05) is 13.6 Å². The highest BCUT2D eigenvalue weighted by Gasteiger charge is 2.30. The molecule has 2 rings (SSSR count). The molecule has 0 aliphatic heterocycles. The Morgan fingerprint density at radius 1 is 1.27 bits per heavy atom. The number of nitrogens with zero attached hydrogens (tertiary/aromatic N) is 3. The minimum Gasteiger partial charge on any atom is -0.338 e. The number of halogens is 3. The molecule has 7 heteroatoms. The first-order chi connectivity index (χ1) is 10.4. The van der Waals surface area contributed by atoms with E-state index in [4.69, 9.17) is 4.52 Å². The molecule has 0 spiro atoms. The van der Waals surface area contributed by atoms with Crippen LogP contribution in [0.2, 0.25) is 0 Å². The molecule has 0 amide bonds. The Hall–Kier alpha value is -1.89. The van der Waals surface area contributed by atoms with Crippen LogP contribution in [0.4, 0.5) is 13.2 Å². The van der Waals surface area contributed by atoms with Gasteiger partial charge in [0.15, 0.2) is 0 Å². The van der Waals surface area contributed by atoms with Crippen LogP contribution in [0.1, 0.15) is 31.2 Å². The highest BCUT2D eigenvalue weighted by atomic mass is 19.4. The van der Waals surface area contributed by atoms with Gasteiger partial charge in [-0.3, -0.25) is 4.90 Å². The van der Waals surface area contributed by atoms with Crippen LogP contribution in [-0.2, 0) is 12.7 Å². The molecule has 1 heterocycles. The Bertz CT molecular complexity index is 610. The lowest BCUT2D eigenvalue weighted by Crippen LogP contribution is -2.19. The summed E-state index contributed by atoms with van der Waals surface area (Å²) in [7, 11) is 1.93. The fourth-order valence-corrected chi connectivity index (χ4v) is 2.01. The third kappa shape index (κ3) is 4.30. The summed E-state index contributed by atoms with van der Waals surface area (Å²) >= 11 is 0. The van der Waals surface area contributed by atoms with Crippen molar-refractivity contribution >= 4 is 0 Å².